The van der Waals surface area contributed by atoms with Crippen molar-refractivity contribution in [3.8, 4) is 17.3 Å². The third-order valence-corrected chi connectivity index (χ3v) is 8.61. The van der Waals surface area contributed by atoms with Gasteiger partial charge in [-0.25, -0.2) is 42.1 Å². The smallest absolute Gasteiger partial charge is 0.295 e. The fraction of sp³-hybridized carbons (Fsp3) is 0.444. The summed E-state index contributed by atoms with van der Waals surface area (Å²) in [5, 5.41) is 2.85. The predicted molar refractivity (Wildman–Crippen MR) is 150 cm³/mol. The second-order valence-electron chi connectivity index (χ2n) is 10.0. The first kappa shape index (κ1) is 29.4. The number of methoxy groups -OCH3 is 1. The zero-order chi connectivity index (χ0) is 30.1. The van der Waals surface area contributed by atoms with Crippen LogP contribution >= 0.6 is 0 Å². The van der Waals surface area contributed by atoms with Gasteiger partial charge in [0.1, 0.15) is 17.4 Å². The van der Waals surface area contributed by atoms with Crippen LogP contribution in [0.25, 0.3) is 22.6 Å². The molecule has 15 heteroatoms. The molecule has 42 heavy (non-hydrogen) atoms. The summed E-state index contributed by atoms with van der Waals surface area (Å²) in [6, 6.07) is 2.93. The van der Waals surface area contributed by atoms with Crippen LogP contribution in [0.5, 0.6) is 5.88 Å². The summed E-state index contributed by atoms with van der Waals surface area (Å²) in [6.07, 6.45) is 5.64. The number of ether oxygens (including phenoxy) is 1. The minimum atomic E-state index is -3.42. The van der Waals surface area contributed by atoms with Crippen molar-refractivity contribution in [3.63, 3.8) is 0 Å². The van der Waals surface area contributed by atoms with Gasteiger partial charge in [0.15, 0.2) is 27.1 Å². The lowest BCUT2D eigenvalue weighted by molar-refractivity contribution is -0.0249. The van der Waals surface area contributed by atoms with Crippen LogP contribution in [0.2, 0.25) is 0 Å². The van der Waals surface area contributed by atoms with Crippen molar-refractivity contribution in [3.05, 3.63) is 52.6 Å². The molecule has 0 saturated heterocycles. The lowest BCUT2D eigenvalue weighted by atomic mass is 10.1. The molecular weight excluding hydrogens is 570 g/mol. The van der Waals surface area contributed by atoms with Gasteiger partial charge in [-0.2, -0.15) is 0 Å². The number of hydrogen-bond acceptors (Lipinski definition) is 11. The van der Waals surface area contributed by atoms with Crippen molar-refractivity contribution in [1.29, 1.82) is 0 Å². The molecule has 4 aromatic heterocycles. The molecule has 0 radical (unpaired) electrons. The normalized spacial score (nSPS) is 13.8. The average molecular weight is 601 g/mol. The molecule has 0 atom stereocenters. The van der Waals surface area contributed by atoms with Crippen molar-refractivity contribution in [2.45, 2.75) is 69.4 Å². The number of nitrogens with zero attached hydrogens (tertiary/aromatic N) is 7. The Labute approximate surface area is 240 Å². The van der Waals surface area contributed by atoms with Gasteiger partial charge in [-0.15, -0.1) is 0 Å². The van der Waals surface area contributed by atoms with E-state index in [1.54, 1.807) is 6.92 Å². The van der Waals surface area contributed by atoms with E-state index in [1.165, 1.54) is 44.9 Å². The van der Waals surface area contributed by atoms with E-state index in [9.17, 15) is 22.0 Å². The number of alkyl halides is 2. The number of sulfone groups is 1. The minimum absolute atomic E-state index is 0.00616. The minimum Gasteiger partial charge on any atom is -0.480 e. The SMILES string of the molecule is CCCC(F)(F)Cn1c(=O)c(NCc2ccc(S(=O)(=O)CC)cn2)nc2cnc(-c3c(OC)ncnc3C3CC3)nc21. The zero-order valence-electron chi connectivity index (χ0n) is 23.3. The predicted octanol–water partition coefficient (Wildman–Crippen LogP) is 3.77. The van der Waals surface area contributed by atoms with E-state index >= 15 is 0 Å². The van der Waals surface area contributed by atoms with Crippen LogP contribution in [0.3, 0.4) is 0 Å². The molecule has 222 valence electrons. The highest BCUT2D eigenvalue weighted by atomic mass is 32.2. The number of anilines is 1. The molecule has 1 saturated carbocycles. The number of hydrogen-bond donors (Lipinski definition) is 1. The molecule has 1 aliphatic carbocycles. The average Bonchev–Trinajstić information content (AvgIpc) is 3.83. The van der Waals surface area contributed by atoms with E-state index in [-0.39, 0.29) is 58.2 Å². The molecule has 0 spiro atoms. The van der Waals surface area contributed by atoms with Crippen LogP contribution in [0.1, 0.15) is 56.8 Å². The molecular formula is C27H30F2N8O4S. The van der Waals surface area contributed by atoms with E-state index in [0.29, 0.717) is 17.0 Å². The van der Waals surface area contributed by atoms with Gasteiger partial charge in [-0.05, 0) is 25.0 Å². The molecule has 5 rings (SSSR count). The fourth-order valence-corrected chi connectivity index (χ4v) is 5.37. The van der Waals surface area contributed by atoms with Crippen LogP contribution in [0.15, 0.2) is 40.5 Å². The van der Waals surface area contributed by atoms with Crippen molar-refractivity contribution >= 4 is 26.8 Å². The van der Waals surface area contributed by atoms with E-state index in [2.05, 4.69) is 35.2 Å². The van der Waals surface area contributed by atoms with Crippen LogP contribution in [0.4, 0.5) is 14.6 Å². The Morgan fingerprint density at radius 1 is 1.10 bits per heavy atom. The second-order valence-corrected chi connectivity index (χ2v) is 12.3. The summed E-state index contributed by atoms with van der Waals surface area (Å²) in [4.78, 5) is 39.7. The van der Waals surface area contributed by atoms with Gasteiger partial charge in [0.05, 0.1) is 48.4 Å². The summed E-state index contributed by atoms with van der Waals surface area (Å²) in [7, 11) is -1.97. The lowest BCUT2D eigenvalue weighted by Gasteiger charge is -2.19. The highest BCUT2D eigenvalue weighted by Crippen LogP contribution is 2.44. The molecule has 12 nitrogen and oxygen atoms in total. The van der Waals surface area contributed by atoms with Gasteiger partial charge in [0, 0.05) is 18.5 Å². The zero-order valence-corrected chi connectivity index (χ0v) is 24.2. The van der Waals surface area contributed by atoms with Crippen molar-refractivity contribution in [2.75, 3.05) is 18.2 Å². The first-order chi connectivity index (χ1) is 20.1. The lowest BCUT2D eigenvalue weighted by Crippen LogP contribution is -2.33. The van der Waals surface area contributed by atoms with Crippen LogP contribution in [0, 0.1) is 0 Å². The van der Waals surface area contributed by atoms with E-state index < -0.39 is 34.3 Å². The summed E-state index contributed by atoms with van der Waals surface area (Å²) in [5.74, 6) is -2.88. The van der Waals surface area contributed by atoms with E-state index in [0.717, 1.165) is 17.4 Å². The molecule has 0 unspecified atom stereocenters. The largest absolute Gasteiger partial charge is 0.480 e. The van der Waals surface area contributed by atoms with Crippen LogP contribution in [-0.4, -0.2) is 61.7 Å². The van der Waals surface area contributed by atoms with Gasteiger partial charge in [0.2, 0.25) is 5.88 Å². The Morgan fingerprint density at radius 2 is 1.88 bits per heavy atom. The Kier molecular flexibility index (Phi) is 8.12. The second kappa shape index (κ2) is 11.6. The van der Waals surface area contributed by atoms with Crippen molar-refractivity contribution < 1.29 is 21.9 Å². The maximum atomic E-state index is 14.9. The van der Waals surface area contributed by atoms with Crippen molar-refractivity contribution in [1.82, 2.24) is 34.5 Å². The Balaban J connectivity index is 1.56. The third-order valence-electron chi connectivity index (χ3n) is 6.89. The molecule has 0 bridgehead atoms. The topological polar surface area (TPSA) is 155 Å². The monoisotopic (exact) mass is 600 g/mol. The molecule has 0 amide bonds. The number of pyridine rings is 1. The Bertz CT molecular complexity index is 1780. The third kappa shape index (κ3) is 6.05. The number of nitrogens with one attached hydrogen (secondary N) is 1. The van der Waals surface area contributed by atoms with Gasteiger partial charge >= 0.3 is 0 Å². The fourth-order valence-electron chi connectivity index (χ4n) is 4.55. The standard InChI is InChI=1S/C27H30F2N8O4S/c1-4-10-27(28,29)14-37-24-19(13-32-22(36-24)20-21(16-6-7-16)33-15-34-25(20)41-3)35-23(26(37)38)31-11-17-8-9-18(12-30-17)42(39,40)5-2/h8-9,12-13,15-16H,4-7,10-11,14H2,1-3H3,(H,31,35). The van der Waals surface area contributed by atoms with Gasteiger partial charge in [-0.3, -0.25) is 14.3 Å². The van der Waals surface area contributed by atoms with Crippen LogP contribution in [-0.2, 0) is 22.9 Å². The summed E-state index contributed by atoms with van der Waals surface area (Å²) >= 11 is 0. The highest BCUT2D eigenvalue weighted by molar-refractivity contribution is 7.91. The number of halogens is 2. The first-order valence-corrected chi connectivity index (χ1v) is 15.2. The van der Waals surface area contributed by atoms with Crippen molar-refractivity contribution in [2.24, 2.45) is 0 Å². The number of aromatic nitrogens is 7. The summed E-state index contributed by atoms with van der Waals surface area (Å²) in [6.45, 7) is 2.26. The maximum Gasteiger partial charge on any atom is 0.295 e. The number of fused-ring (bicyclic) bond motifs is 1. The molecule has 1 aliphatic rings. The molecule has 0 aliphatic heterocycles. The molecule has 1 fully saturated rings. The van der Waals surface area contributed by atoms with E-state index in [1.807, 2.05) is 0 Å². The maximum absolute atomic E-state index is 14.9. The van der Waals surface area contributed by atoms with Crippen LogP contribution < -0.4 is 15.6 Å². The molecule has 4 heterocycles. The quantitative estimate of drug-likeness (QED) is 0.253. The number of rotatable bonds is 12. The Hall–Kier alpha value is -4.14. The van der Waals surface area contributed by atoms with Gasteiger partial charge in [0.25, 0.3) is 11.5 Å². The molecule has 1 N–H and O–H groups in total. The Morgan fingerprint density at radius 3 is 2.52 bits per heavy atom. The first-order valence-electron chi connectivity index (χ1n) is 13.5. The summed E-state index contributed by atoms with van der Waals surface area (Å²) < 4.78 is 60.4. The molecule has 0 aromatic carbocycles. The summed E-state index contributed by atoms with van der Waals surface area (Å²) in [5.41, 5.74) is 0.824. The molecule has 4 aromatic rings. The van der Waals surface area contributed by atoms with Gasteiger partial charge in [-0.1, -0.05) is 20.3 Å². The van der Waals surface area contributed by atoms with Gasteiger partial charge < -0.3 is 10.1 Å². The van der Waals surface area contributed by atoms with E-state index in [4.69, 9.17) is 4.74 Å². The highest BCUT2D eigenvalue weighted by Gasteiger charge is 2.33.